The summed E-state index contributed by atoms with van der Waals surface area (Å²) in [5.41, 5.74) is 1.65. The molecule has 4 heteroatoms. The van der Waals surface area contributed by atoms with Gasteiger partial charge in [-0.3, -0.25) is 0 Å². The maximum absolute atomic E-state index is 2.99. The molecule has 0 rings (SSSR count). The summed E-state index contributed by atoms with van der Waals surface area (Å²) in [4.78, 5) is 0. The minimum atomic E-state index is 0.826. The highest BCUT2D eigenvalue weighted by Crippen LogP contribution is 2.22. The number of rotatable bonds is 8. The van der Waals surface area contributed by atoms with Crippen molar-refractivity contribution in [2.24, 2.45) is 0 Å². The van der Waals surface area contributed by atoms with Crippen LogP contribution in [0.4, 0.5) is 0 Å². The van der Waals surface area contributed by atoms with E-state index in [0.29, 0.717) is 0 Å². The zero-order chi connectivity index (χ0) is 10.1. The molecule has 6 atom stereocenters. The van der Waals surface area contributed by atoms with E-state index in [4.69, 9.17) is 0 Å². The molecule has 0 amide bonds. The molecule has 0 aliphatic carbocycles. The fourth-order valence-electron chi connectivity index (χ4n) is 1.38. The van der Waals surface area contributed by atoms with Crippen molar-refractivity contribution in [2.45, 2.75) is 43.4 Å². The minimum absolute atomic E-state index is 0.826. The Kier molecular flexibility index (Phi) is 11.6. The maximum Gasteiger partial charge on any atom is -0.0258 e. The molecule has 0 fully saturated rings. The molecule has 0 nitrogen and oxygen atoms in total. The van der Waals surface area contributed by atoms with Crippen LogP contribution >= 0.6 is 37.0 Å². The molecular formula is C9H24P4. The molecule has 0 saturated heterocycles. The summed E-state index contributed by atoms with van der Waals surface area (Å²) in [6, 6.07) is 0. The second-order valence-corrected chi connectivity index (χ2v) is 6.66. The molecule has 13 heavy (non-hydrogen) atoms. The fraction of sp³-hybridized carbons (Fsp3) is 1.00. The molecule has 0 aliphatic rings. The van der Waals surface area contributed by atoms with Crippen molar-refractivity contribution in [3.8, 4) is 0 Å². The zero-order valence-corrected chi connectivity index (χ0v) is 13.0. The lowest BCUT2D eigenvalue weighted by atomic mass is 10.1. The van der Waals surface area contributed by atoms with Gasteiger partial charge in [0, 0.05) is 0 Å². The Bertz CT molecular complexity index is 95.8. The van der Waals surface area contributed by atoms with Crippen molar-refractivity contribution in [1.82, 2.24) is 0 Å². The van der Waals surface area contributed by atoms with Gasteiger partial charge in [-0.2, -0.15) is 0 Å². The summed E-state index contributed by atoms with van der Waals surface area (Å²) < 4.78 is 0. The van der Waals surface area contributed by atoms with Crippen LogP contribution in [0.2, 0.25) is 0 Å². The van der Waals surface area contributed by atoms with Crippen molar-refractivity contribution in [3.63, 3.8) is 0 Å². The van der Waals surface area contributed by atoms with Gasteiger partial charge in [0.1, 0.15) is 0 Å². The van der Waals surface area contributed by atoms with Crippen LogP contribution in [0.25, 0.3) is 0 Å². The molecule has 0 aromatic carbocycles. The summed E-state index contributed by atoms with van der Waals surface area (Å²) in [6.07, 6.45) is 9.26. The third kappa shape index (κ3) is 10.0. The van der Waals surface area contributed by atoms with E-state index < -0.39 is 0 Å². The third-order valence-electron chi connectivity index (χ3n) is 2.16. The van der Waals surface area contributed by atoms with Crippen LogP contribution in [0.5, 0.6) is 0 Å². The number of hydrogen-bond acceptors (Lipinski definition) is 0. The predicted octanol–water partition coefficient (Wildman–Crippen LogP) is 3.17. The minimum Gasteiger partial charge on any atom is -0.138 e. The van der Waals surface area contributed by atoms with Crippen LogP contribution in [-0.4, -0.2) is 23.6 Å². The lowest BCUT2D eigenvalue weighted by Crippen LogP contribution is -2.08. The first-order valence-corrected chi connectivity index (χ1v) is 8.08. The summed E-state index contributed by atoms with van der Waals surface area (Å²) in [5.74, 6) is 0. The van der Waals surface area contributed by atoms with Gasteiger partial charge in [-0.1, -0.05) is 0 Å². The van der Waals surface area contributed by atoms with E-state index in [1.165, 1.54) is 44.4 Å². The van der Waals surface area contributed by atoms with Gasteiger partial charge in [0.2, 0.25) is 0 Å². The van der Waals surface area contributed by atoms with Gasteiger partial charge in [0.25, 0.3) is 0 Å². The average molecular weight is 256 g/mol. The molecule has 0 aromatic heterocycles. The summed E-state index contributed by atoms with van der Waals surface area (Å²) >= 11 is 0. The van der Waals surface area contributed by atoms with Gasteiger partial charge in [0.15, 0.2) is 0 Å². The van der Waals surface area contributed by atoms with Gasteiger partial charge in [-0.15, -0.1) is 37.0 Å². The monoisotopic (exact) mass is 256 g/mol. The molecular weight excluding hydrogens is 232 g/mol. The first kappa shape index (κ1) is 14.7. The number of hydrogen-bond donors (Lipinski definition) is 0. The largest absolute Gasteiger partial charge is 0.138 e. The van der Waals surface area contributed by atoms with Crippen molar-refractivity contribution >= 4 is 37.0 Å². The van der Waals surface area contributed by atoms with Crippen LogP contribution < -0.4 is 0 Å². The molecule has 0 aromatic rings. The van der Waals surface area contributed by atoms with Crippen molar-refractivity contribution in [1.29, 1.82) is 0 Å². The Morgan fingerprint density at radius 1 is 0.769 bits per heavy atom. The highest BCUT2D eigenvalue weighted by molar-refractivity contribution is 7.19. The van der Waals surface area contributed by atoms with E-state index in [-0.39, 0.29) is 0 Å². The topological polar surface area (TPSA) is 0 Å². The van der Waals surface area contributed by atoms with Crippen LogP contribution in [0.3, 0.4) is 0 Å². The lowest BCUT2D eigenvalue weighted by Gasteiger charge is -2.16. The maximum atomic E-state index is 2.99. The molecule has 0 bridgehead atoms. The van der Waals surface area contributed by atoms with Crippen LogP contribution in [0.15, 0.2) is 0 Å². The molecule has 0 spiro atoms. The standard InChI is InChI=1S/C9H24P4/c10-5-1-3-8(12)7-9(13)4-2-6-11/h8-9H,1-7,10-13H2. The Hall–Kier alpha value is 1.72. The molecule has 0 aliphatic heterocycles. The van der Waals surface area contributed by atoms with Crippen LogP contribution in [-0.2, 0) is 0 Å². The Morgan fingerprint density at radius 3 is 1.46 bits per heavy atom. The third-order valence-corrected chi connectivity index (χ3v) is 4.19. The first-order valence-electron chi connectivity index (χ1n) is 5.12. The van der Waals surface area contributed by atoms with E-state index in [0.717, 1.165) is 11.3 Å². The van der Waals surface area contributed by atoms with E-state index >= 15 is 0 Å². The van der Waals surface area contributed by atoms with Gasteiger partial charge < -0.3 is 0 Å². The van der Waals surface area contributed by atoms with E-state index in [1.807, 2.05) is 0 Å². The quantitative estimate of drug-likeness (QED) is 0.585. The second-order valence-electron chi connectivity index (χ2n) is 3.62. The normalized spacial score (nSPS) is 15.7. The van der Waals surface area contributed by atoms with Gasteiger partial charge >= 0.3 is 0 Å². The van der Waals surface area contributed by atoms with Gasteiger partial charge in [-0.05, 0) is 55.7 Å². The first-order chi connectivity index (χ1) is 6.20. The van der Waals surface area contributed by atoms with Crippen LogP contribution in [0, 0.1) is 0 Å². The lowest BCUT2D eigenvalue weighted by molar-refractivity contribution is 0.630. The van der Waals surface area contributed by atoms with Gasteiger partial charge in [-0.25, -0.2) is 0 Å². The molecule has 0 heterocycles. The molecule has 6 unspecified atom stereocenters. The molecule has 0 saturated carbocycles. The Balaban J connectivity index is 3.35. The second kappa shape index (κ2) is 10.2. The van der Waals surface area contributed by atoms with E-state index in [1.54, 1.807) is 0 Å². The highest BCUT2D eigenvalue weighted by Gasteiger charge is 2.07. The Labute approximate surface area is 93.0 Å². The van der Waals surface area contributed by atoms with Crippen LogP contribution in [0.1, 0.15) is 32.1 Å². The molecule has 80 valence electrons. The zero-order valence-electron chi connectivity index (χ0n) is 8.41. The summed E-state index contributed by atoms with van der Waals surface area (Å²) in [5, 5.41) is 0. The summed E-state index contributed by atoms with van der Waals surface area (Å²) in [6.45, 7) is 0. The molecule has 0 N–H and O–H groups in total. The van der Waals surface area contributed by atoms with Crippen molar-refractivity contribution in [3.05, 3.63) is 0 Å². The van der Waals surface area contributed by atoms with E-state index in [2.05, 4.69) is 37.0 Å². The van der Waals surface area contributed by atoms with Crippen molar-refractivity contribution < 1.29 is 0 Å². The fourth-order valence-corrected chi connectivity index (χ4v) is 3.34. The van der Waals surface area contributed by atoms with Gasteiger partial charge in [0.05, 0.1) is 0 Å². The average Bonchev–Trinajstić information content (AvgIpc) is 2.11. The Morgan fingerprint density at radius 2 is 1.15 bits per heavy atom. The van der Waals surface area contributed by atoms with Crippen molar-refractivity contribution in [2.75, 3.05) is 12.3 Å². The smallest absolute Gasteiger partial charge is 0.0258 e. The molecule has 0 radical (unpaired) electrons. The highest BCUT2D eigenvalue weighted by atomic mass is 31.0. The van der Waals surface area contributed by atoms with E-state index in [9.17, 15) is 0 Å². The summed E-state index contributed by atoms with van der Waals surface area (Å²) in [7, 11) is 11.6. The predicted molar refractivity (Wildman–Crippen MR) is 79.2 cm³/mol. The SMILES string of the molecule is PCCCC(P)CC(P)CCCP.